The fourth-order valence-electron chi connectivity index (χ4n) is 6.82. The number of hydrogen-bond acceptors (Lipinski definition) is 3. The highest BCUT2D eigenvalue weighted by atomic mass is 16.3. The maximum absolute atomic E-state index is 14.0. The lowest BCUT2D eigenvalue weighted by molar-refractivity contribution is -0.142. The molecule has 5 nitrogen and oxygen atoms in total. The van der Waals surface area contributed by atoms with Gasteiger partial charge in [0.2, 0.25) is 5.91 Å². The molecule has 5 heteroatoms. The molecule has 1 spiro atoms. The molecule has 1 saturated heterocycles. The number of carbonyl (C=O) groups excluding carboxylic acids is 2. The first-order valence-electron chi connectivity index (χ1n) is 13.4. The number of amides is 1. The topological polar surface area (TPSA) is 82.2 Å². The minimum atomic E-state index is -1.18. The Kier molecular flexibility index (Phi) is 6.78. The second-order valence-electron chi connectivity index (χ2n) is 11.3. The van der Waals surface area contributed by atoms with E-state index in [1.54, 1.807) is 12.2 Å². The van der Waals surface area contributed by atoms with Crippen LogP contribution in [0.3, 0.4) is 0 Å². The number of H-pyrrole nitrogens is 1. The molecular formula is C31H38N2O3. The molecule has 2 heterocycles. The van der Waals surface area contributed by atoms with Crippen molar-refractivity contribution >= 4 is 22.6 Å². The van der Waals surface area contributed by atoms with E-state index in [2.05, 4.69) is 61.4 Å². The van der Waals surface area contributed by atoms with Crippen LogP contribution in [-0.4, -0.2) is 33.9 Å². The number of hydrogen-bond donors (Lipinski definition) is 3. The lowest BCUT2D eigenvalue weighted by Gasteiger charge is -2.44. The van der Waals surface area contributed by atoms with Crippen LogP contribution >= 0.6 is 0 Å². The Labute approximate surface area is 213 Å². The third kappa shape index (κ3) is 4.17. The SMILES string of the molecule is CC1=C[C@@H]2C=CC[C@H](C)CC[C@@H](O)CC=CC(=O)[C@]23C(=O)N[C@@H](Cc2c[nH]c4ccccc24)[C@@H]3[C@@H]1C. The van der Waals surface area contributed by atoms with E-state index in [9.17, 15) is 14.7 Å². The molecule has 3 N–H and O–H groups in total. The van der Waals surface area contributed by atoms with Gasteiger partial charge in [-0.05, 0) is 68.6 Å². The summed E-state index contributed by atoms with van der Waals surface area (Å²) in [6, 6.07) is 8.06. The molecule has 2 aromatic rings. The number of rotatable bonds is 2. The maximum atomic E-state index is 14.0. The Morgan fingerprint density at radius 3 is 2.72 bits per heavy atom. The van der Waals surface area contributed by atoms with E-state index in [0.29, 0.717) is 25.2 Å². The second-order valence-corrected chi connectivity index (χ2v) is 11.3. The minimum absolute atomic E-state index is 0.0846. The average molecular weight is 487 g/mol. The van der Waals surface area contributed by atoms with E-state index in [1.807, 2.05) is 18.3 Å². The Morgan fingerprint density at radius 2 is 1.89 bits per heavy atom. The normalized spacial score (nSPS) is 35.3. The number of nitrogens with one attached hydrogen (secondary N) is 2. The van der Waals surface area contributed by atoms with Crippen molar-refractivity contribution in [1.29, 1.82) is 0 Å². The van der Waals surface area contributed by atoms with Gasteiger partial charge in [0.15, 0.2) is 5.78 Å². The summed E-state index contributed by atoms with van der Waals surface area (Å²) in [5.74, 6) is -0.245. The minimum Gasteiger partial charge on any atom is -0.393 e. The van der Waals surface area contributed by atoms with Crippen molar-refractivity contribution in [1.82, 2.24) is 10.3 Å². The zero-order valence-corrected chi connectivity index (χ0v) is 21.5. The molecule has 7 atom stereocenters. The van der Waals surface area contributed by atoms with Gasteiger partial charge in [0.05, 0.1) is 6.10 Å². The Bertz CT molecular complexity index is 1240. The van der Waals surface area contributed by atoms with Crippen LogP contribution in [0.15, 0.2) is 66.4 Å². The molecule has 1 aliphatic heterocycles. The number of ketones is 1. The van der Waals surface area contributed by atoms with Crippen molar-refractivity contribution in [2.75, 3.05) is 0 Å². The maximum Gasteiger partial charge on any atom is 0.235 e. The summed E-state index contributed by atoms with van der Waals surface area (Å²) >= 11 is 0. The van der Waals surface area contributed by atoms with Crippen LogP contribution in [0.2, 0.25) is 0 Å². The number of aromatic nitrogens is 1. The predicted molar refractivity (Wildman–Crippen MR) is 143 cm³/mol. The molecule has 1 aromatic carbocycles. The number of carbonyl (C=O) groups is 2. The predicted octanol–water partition coefficient (Wildman–Crippen LogP) is 5.28. The van der Waals surface area contributed by atoms with Crippen LogP contribution in [0, 0.1) is 29.1 Å². The molecule has 0 radical (unpaired) electrons. The van der Waals surface area contributed by atoms with E-state index in [1.165, 1.54) is 5.57 Å². The molecule has 0 unspecified atom stereocenters. The summed E-state index contributed by atoms with van der Waals surface area (Å²) in [6.07, 6.45) is 14.9. The largest absolute Gasteiger partial charge is 0.393 e. The molecular weight excluding hydrogens is 448 g/mol. The van der Waals surface area contributed by atoms with Crippen LogP contribution in [0.5, 0.6) is 0 Å². The lowest BCUT2D eigenvalue weighted by atomic mass is 9.55. The monoisotopic (exact) mass is 486 g/mol. The fourth-order valence-corrected chi connectivity index (χ4v) is 6.82. The number of para-hydroxylation sites is 1. The van der Waals surface area contributed by atoms with Gasteiger partial charge < -0.3 is 15.4 Å². The first-order valence-corrected chi connectivity index (χ1v) is 13.4. The highest BCUT2D eigenvalue weighted by molar-refractivity contribution is 6.13. The second kappa shape index (κ2) is 9.85. The van der Waals surface area contributed by atoms with E-state index in [0.717, 1.165) is 29.3 Å². The summed E-state index contributed by atoms with van der Waals surface area (Å²) in [5, 5.41) is 14.9. The van der Waals surface area contributed by atoms with Gasteiger partial charge in [-0.2, -0.15) is 0 Å². The van der Waals surface area contributed by atoms with Gasteiger partial charge >= 0.3 is 0 Å². The van der Waals surface area contributed by atoms with Gasteiger partial charge in [-0.15, -0.1) is 0 Å². The quantitative estimate of drug-likeness (QED) is 0.399. The summed E-state index contributed by atoms with van der Waals surface area (Å²) in [6.45, 7) is 6.49. The molecule has 5 rings (SSSR count). The van der Waals surface area contributed by atoms with Gasteiger partial charge in [0.25, 0.3) is 0 Å². The number of aliphatic hydroxyl groups is 1. The van der Waals surface area contributed by atoms with E-state index in [4.69, 9.17) is 0 Å². The number of benzene rings is 1. The van der Waals surface area contributed by atoms with Crippen molar-refractivity contribution in [2.24, 2.45) is 29.1 Å². The Balaban J connectivity index is 1.58. The van der Waals surface area contributed by atoms with Crippen molar-refractivity contribution in [3.05, 3.63) is 72.0 Å². The molecule has 190 valence electrons. The average Bonchev–Trinajstić information content (AvgIpc) is 3.39. The molecule has 3 aliphatic rings. The van der Waals surface area contributed by atoms with Gasteiger partial charge in [-0.1, -0.05) is 61.9 Å². The van der Waals surface area contributed by atoms with Crippen molar-refractivity contribution in [2.45, 2.75) is 65.0 Å². The van der Waals surface area contributed by atoms with Gasteiger partial charge in [-0.3, -0.25) is 9.59 Å². The Morgan fingerprint density at radius 1 is 1.08 bits per heavy atom. The van der Waals surface area contributed by atoms with Crippen LogP contribution in [0.1, 0.15) is 52.0 Å². The number of aliphatic hydroxyl groups excluding tert-OH is 1. The summed E-state index contributed by atoms with van der Waals surface area (Å²) in [7, 11) is 0. The van der Waals surface area contributed by atoms with Crippen molar-refractivity contribution in [3.63, 3.8) is 0 Å². The molecule has 1 aromatic heterocycles. The lowest BCUT2D eigenvalue weighted by Crippen LogP contribution is -2.51. The smallest absolute Gasteiger partial charge is 0.235 e. The molecule has 1 amide bonds. The third-order valence-electron chi connectivity index (χ3n) is 8.95. The standard InChI is InChI=1S/C31H38N2O3/c1-19-8-6-9-23-16-20(2)21(3)29-27(17-22-18-32-26-12-5-4-11-25(22)26)33-30(36)31(23,29)28(35)13-7-10-24(34)15-14-19/h4-7,9,11-13,16,18-19,21,23-24,27,29,32,34H,8,10,14-15,17H2,1-3H3,(H,33,36)/t19-,21+,23-,24-,27-,29-,31+/m0/s1. The fraction of sp³-hybridized carbons (Fsp3) is 0.484. The van der Waals surface area contributed by atoms with Gasteiger partial charge in [0, 0.05) is 35.0 Å². The molecule has 2 aliphatic carbocycles. The highest BCUT2D eigenvalue weighted by Gasteiger charge is 2.64. The number of aromatic amines is 1. The third-order valence-corrected chi connectivity index (χ3v) is 8.95. The van der Waals surface area contributed by atoms with Crippen LogP contribution in [-0.2, 0) is 16.0 Å². The van der Waals surface area contributed by atoms with Crippen LogP contribution in [0.25, 0.3) is 10.9 Å². The van der Waals surface area contributed by atoms with E-state index in [-0.39, 0.29) is 35.5 Å². The molecule has 0 bridgehead atoms. The zero-order valence-electron chi connectivity index (χ0n) is 21.5. The first kappa shape index (κ1) is 24.8. The van der Waals surface area contributed by atoms with Crippen LogP contribution in [0.4, 0.5) is 0 Å². The van der Waals surface area contributed by atoms with Crippen molar-refractivity contribution in [3.8, 4) is 0 Å². The van der Waals surface area contributed by atoms with Gasteiger partial charge in [0.1, 0.15) is 5.41 Å². The Hall–Kier alpha value is -2.92. The molecule has 0 saturated carbocycles. The van der Waals surface area contributed by atoms with Gasteiger partial charge in [-0.25, -0.2) is 0 Å². The van der Waals surface area contributed by atoms with Crippen LogP contribution < -0.4 is 5.32 Å². The first-order chi connectivity index (χ1) is 17.3. The summed E-state index contributed by atoms with van der Waals surface area (Å²) < 4.78 is 0. The van der Waals surface area contributed by atoms with Crippen molar-refractivity contribution < 1.29 is 14.7 Å². The summed E-state index contributed by atoms with van der Waals surface area (Å²) in [5.41, 5.74) is 2.29. The summed E-state index contributed by atoms with van der Waals surface area (Å²) in [4.78, 5) is 31.4. The highest BCUT2D eigenvalue weighted by Crippen LogP contribution is 2.54. The number of fused-ring (bicyclic) bond motifs is 1. The zero-order chi connectivity index (χ0) is 25.4. The molecule has 1 fully saturated rings. The number of allylic oxidation sites excluding steroid dienone is 5. The molecule has 36 heavy (non-hydrogen) atoms. The van der Waals surface area contributed by atoms with E-state index >= 15 is 0 Å². The van der Waals surface area contributed by atoms with E-state index < -0.39 is 11.5 Å².